The van der Waals surface area contributed by atoms with Gasteiger partial charge in [0.1, 0.15) is 0 Å². The van der Waals surface area contributed by atoms with Gasteiger partial charge in [0.25, 0.3) is 0 Å². The summed E-state index contributed by atoms with van der Waals surface area (Å²) in [5, 5.41) is 14.5. The first-order chi connectivity index (χ1) is 8.52. The van der Waals surface area contributed by atoms with Crippen LogP contribution in [0.1, 0.15) is 13.3 Å². The van der Waals surface area contributed by atoms with Gasteiger partial charge in [-0.1, -0.05) is 18.5 Å². The Labute approximate surface area is 110 Å². The van der Waals surface area contributed by atoms with Gasteiger partial charge < -0.3 is 15.7 Å². The standard InChI is InChI=1S/C12H15ClN2O3/c1-2-8(11(16)17)7-14-12(18)15-10-5-3-9(13)4-6-10/h3-6,8H,2,7H2,1H3,(H,16,17)(H2,14,15,18). The number of hydrogen-bond acceptors (Lipinski definition) is 2. The van der Waals surface area contributed by atoms with E-state index >= 15 is 0 Å². The van der Waals surface area contributed by atoms with E-state index in [0.29, 0.717) is 17.1 Å². The van der Waals surface area contributed by atoms with Crippen molar-refractivity contribution in [1.29, 1.82) is 0 Å². The topological polar surface area (TPSA) is 78.4 Å². The number of carbonyl (C=O) groups excluding carboxylic acids is 1. The van der Waals surface area contributed by atoms with Crippen molar-refractivity contribution >= 4 is 29.3 Å². The first-order valence-electron chi connectivity index (χ1n) is 5.56. The highest BCUT2D eigenvalue weighted by Crippen LogP contribution is 2.13. The summed E-state index contributed by atoms with van der Waals surface area (Å²) in [6.07, 6.45) is 0.469. The van der Waals surface area contributed by atoms with Gasteiger partial charge in [0.05, 0.1) is 5.92 Å². The fourth-order valence-electron chi connectivity index (χ4n) is 1.33. The van der Waals surface area contributed by atoms with E-state index < -0.39 is 17.9 Å². The van der Waals surface area contributed by atoms with Gasteiger partial charge in [0, 0.05) is 17.3 Å². The Morgan fingerprint density at radius 3 is 2.44 bits per heavy atom. The molecule has 2 amide bonds. The number of rotatable bonds is 5. The van der Waals surface area contributed by atoms with Crippen LogP contribution >= 0.6 is 11.6 Å². The van der Waals surface area contributed by atoms with Crippen LogP contribution in [0.15, 0.2) is 24.3 Å². The predicted molar refractivity (Wildman–Crippen MR) is 69.9 cm³/mol. The summed E-state index contributed by atoms with van der Waals surface area (Å²) in [4.78, 5) is 22.2. The van der Waals surface area contributed by atoms with Crippen LogP contribution in [0.4, 0.5) is 10.5 Å². The van der Waals surface area contributed by atoms with E-state index in [-0.39, 0.29) is 6.54 Å². The van der Waals surface area contributed by atoms with Gasteiger partial charge in [-0.3, -0.25) is 4.79 Å². The predicted octanol–water partition coefficient (Wildman–Crippen LogP) is 2.57. The monoisotopic (exact) mass is 270 g/mol. The van der Waals surface area contributed by atoms with Crippen LogP contribution in [0, 0.1) is 5.92 Å². The van der Waals surface area contributed by atoms with Crippen molar-refractivity contribution in [3.05, 3.63) is 29.3 Å². The Morgan fingerprint density at radius 2 is 1.94 bits per heavy atom. The van der Waals surface area contributed by atoms with Gasteiger partial charge in [0.15, 0.2) is 0 Å². The maximum Gasteiger partial charge on any atom is 0.319 e. The summed E-state index contributed by atoms with van der Waals surface area (Å²) in [5.41, 5.74) is 0.597. The Balaban J connectivity index is 2.42. The number of halogens is 1. The van der Waals surface area contributed by atoms with Crippen molar-refractivity contribution in [1.82, 2.24) is 5.32 Å². The molecule has 0 spiro atoms. The molecule has 1 unspecified atom stereocenters. The van der Waals surface area contributed by atoms with E-state index in [2.05, 4.69) is 10.6 Å². The molecule has 1 aromatic rings. The molecule has 6 heteroatoms. The molecule has 0 heterocycles. The lowest BCUT2D eigenvalue weighted by atomic mass is 10.1. The van der Waals surface area contributed by atoms with Crippen LogP contribution in [0.2, 0.25) is 5.02 Å². The zero-order valence-corrected chi connectivity index (χ0v) is 10.7. The minimum atomic E-state index is -0.913. The number of nitrogens with one attached hydrogen (secondary N) is 2. The normalized spacial score (nSPS) is 11.7. The van der Waals surface area contributed by atoms with Crippen molar-refractivity contribution in [3.8, 4) is 0 Å². The highest BCUT2D eigenvalue weighted by molar-refractivity contribution is 6.30. The number of urea groups is 1. The average Bonchev–Trinajstić information content (AvgIpc) is 2.32. The molecule has 0 saturated carbocycles. The molecule has 0 bridgehead atoms. The van der Waals surface area contributed by atoms with Crippen LogP contribution in [-0.2, 0) is 4.79 Å². The molecule has 0 aliphatic rings. The van der Waals surface area contributed by atoms with Crippen molar-refractivity contribution in [2.45, 2.75) is 13.3 Å². The molecule has 5 nitrogen and oxygen atoms in total. The van der Waals surface area contributed by atoms with Crippen LogP contribution < -0.4 is 10.6 Å². The maximum absolute atomic E-state index is 11.5. The molecule has 0 fully saturated rings. The minimum absolute atomic E-state index is 0.102. The number of anilines is 1. The first kappa shape index (κ1) is 14.3. The second-order valence-corrected chi connectivity index (χ2v) is 4.22. The van der Waals surface area contributed by atoms with E-state index in [1.165, 1.54) is 0 Å². The molecule has 0 aliphatic heterocycles. The van der Waals surface area contributed by atoms with Crippen LogP contribution in [0.25, 0.3) is 0 Å². The second kappa shape index (κ2) is 6.86. The van der Waals surface area contributed by atoms with Crippen LogP contribution in [0.5, 0.6) is 0 Å². The number of hydrogen-bond donors (Lipinski definition) is 3. The lowest BCUT2D eigenvalue weighted by Crippen LogP contribution is -2.35. The molecule has 0 saturated heterocycles. The van der Waals surface area contributed by atoms with Gasteiger partial charge >= 0.3 is 12.0 Å². The number of carboxylic acids is 1. The van der Waals surface area contributed by atoms with Crippen LogP contribution in [-0.4, -0.2) is 23.7 Å². The van der Waals surface area contributed by atoms with Gasteiger partial charge in [-0.05, 0) is 30.7 Å². The van der Waals surface area contributed by atoms with E-state index in [4.69, 9.17) is 16.7 Å². The summed E-state index contributed by atoms with van der Waals surface area (Å²) in [6, 6.07) is 6.20. The van der Waals surface area contributed by atoms with Gasteiger partial charge in [-0.25, -0.2) is 4.79 Å². The molecule has 1 aromatic carbocycles. The third-order valence-electron chi connectivity index (χ3n) is 2.45. The summed E-state index contributed by atoms with van der Waals surface area (Å²) in [6.45, 7) is 1.86. The highest BCUT2D eigenvalue weighted by atomic mass is 35.5. The SMILES string of the molecule is CCC(CNC(=O)Nc1ccc(Cl)cc1)C(=O)O. The lowest BCUT2D eigenvalue weighted by Gasteiger charge is -2.11. The number of carboxylic acid groups (broad SMARTS) is 1. The molecule has 0 aromatic heterocycles. The second-order valence-electron chi connectivity index (χ2n) is 3.79. The molecule has 3 N–H and O–H groups in total. The molecule has 98 valence electrons. The quantitative estimate of drug-likeness (QED) is 0.769. The Bertz CT molecular complexity index is 420. The van der Waals surface area contributed by atoms with E-state index in [1.54, 1.807) is 31.2 Å². The third-order valence-corrected chi connectivity index (χ3v) is 2.71. The van der Waals surface area contributed by atoms with E-state index in [0.717, 1.165) is 0 Å². The summed E-state index contributed by atoms with van der Waals surface area (Å²) >= 11 is 5.71. The third kappa shape index (κ3) is 4.63. The number of benzene rings is 1. The summed E-state index contributed by atoms with van der Waals surface area (Å²) < 4.78 is 0. The van der Waals surface area contributed by atoms with E-state index in [9.17, 15) is 9.59 Å². The first-order valence-corrected chi connectivity index (χ1v) is 5.94. The largest absolute Gasteiger partial charge is 0.481 e. The van der Waals surface area contributed by atoms with Crippen LogP contribution in [0.3, 0.4) is 0 Å². The fraction of sp³-hybridized carbons (Fsp3) is 0.333. The Kier molecular flexibility index (Phi) is 5.45. The van der Waals surface area contributed by atoms with Crippen molar-refractivity contribution in [3.63, 3.8) is 0 Å². The molecule has 1 rings (SSSR count). The zero-order chi connectivity index (χ0) is 13.5. The summed E-state index contributed by atoms with van der Waals surface area (Å²) in [7, 11) is 0. The molecule has 18 heavy (non-hydrogen) atoms. The van der Waals surface area contributed by atoms with Gasteiger partial charge in [0.2, 0.25) is 0 Å². The van der Waals surface area contributed by atoms with E-state index in [1.807, 2.05) is 0 Å². The lowest BCUT2D eigenvalue weighted by molar-refractivity contribution is -0.141. The van der Waals surface area contributed by atoms with Gasteiger partial charge in [-0.2, -0.15) is 0 Å². The Morgan fingerprint density at radius 1 is 1.33 bits per heavy atom. The highest BCUT2D eigenvalue weighted by Gasteiger charge is 2.15. The molecule has 0 aliphatic carbocycles. The number of aliphatic carboxylic acids is 1. The van der Waals surface area contributed by atoms with Gasteiger partial charge in [-0.15, -0.1) is 0 Å². The smallest absolute Gasteiger partial charge is 0.319 e. The maximum atomic E-state index is 11.5. The van der Waals surface area contributed by atoms with Crippen molar-refractivity contribution in [2.75, 3.05) is 11.9 Å². The number of carbonyl (C=O) groups is 2. The molecular formula is C12H15ClN2O3. The average molecular weight is 271 g/mol. The van der Waals surface area contributed by atoms with Crippen molar-refractivity contribution in [2.24, 2.45) is 5.92 Å². The zero-order valence-electron chi connectivity index (χ0n) is 9.94. The fourth-order valence-corrected chi connectivity index (χ4v) is 1.46. The van der Waals surface area contributed by atoms with Crippen molar-refractivity contribution < 1.29 is 14.7 Å². The Hall–Kier alpha value is -1.75. The number of amides is 2. The molecule has 0 radical (unpaired) electrons. The summed E-state index contributed by atoms with van der Waals surface area (Å²) in [5.74, 6) is -1.48. The minimum Gasteiger partial charge on any atom is -0.481 e. The molecular weight excluding hydrogens is 256 g/mol. The molecule has 1 atom stereocenters.